The molecule has 110 valence electrons. The van der Waals surface area contributed by atoms with Crippen LogP contribution in [0.15, 0.2) is 18.2 Å². The molecule has 1 amide bonds. The van der Waals surface area contributed by atoms with Crippen LogP contribution in [0.3, 0.4) is 0 Å². The van der Waals surface area contributed by atoms with Crippen LogP contribution in [-0.2, 0) is 4.79 Å². The molecule has 2 unspecified atom stereocenters. The fraction of sp³-hybridized carbons (Fsp3) is 0.462. The van der Waals surface area contributed by atoms with E-state index in [-0.39, 0.29) is 5.02 Å². The number of rotatable bonds is 3. The molecule has 1 fully saturated rings. The molecule has 1 heterocycles. The highest BCUT2D eigenvalue weighted by Crippen LogP contribution is 2.26. The lowest BCUT2D eigenvalue weighted by molar-refractivity contribution is -0.124. The maximum absolute atomic E-state index is 13.0. The second-order valence-electron chi connectivity index (χ2n) is 4.90. The van der Waals surface area contributed by atoms with Crippen molar-refractivity contribution in [1.82, 2.24) is 10.6 Å². The average Bonchev–Trinajstić information content (AvgIpc) is 2.73. The number of carbonyl (C=O) groups excluding carboxylic acids is 1. The van der Waals surface area contributed by atoms with E-state index >= 15 is 0 Å². The Labute approximate surface area is 119 Å². The number of carbonyl (C=O) groups is 1. The van der Waals surface area contributed by atoms with Crippen molar-refractivity contribution in [3.63, 3.8) is 0 Å². The molecular weight excluding hydrogens is 293 g/mol. The van der Waals surface area contributed by atoms with Gasteiger partial charge in [0.1, 0.15) is 5.82 Å². The fourth-order valence-electron chi connectivity index (χ4n) is 2.08. The first-order valence-electron chi connectivity index (χ1n) is 6.15. The zero-order chi connectivity index (χ0) is 14.9. The molecule has 2 atom stereocenters. The van der Waals surface area contributed by atoms with E-state index in [0.29, 0.717) is 5.56 Å². The average molecular weight is 307 g/mol. The van der Waals surface area contributed by atoms with Gasteiger partial charge in [0, 0.05) is 6.42 Å². The summed E-state index contributed by atoms with van der Waals surface area (Å²) in [4.78, 5) is 11.9. The molecule has 3 nitrogen and oxygen atoms in total. The zero-order valence-corrected chi connectivity index (χ0v) is 11.5. The van der Waals surface area contributed by atoms with Gasteiger partial charge in [-0.2, -0.15) is 0 Å². The molecule has 2 N–H and O–H groups in total. The molecule has 7 heteroatoms. The van der Waals surface area contributed by atoms with Crippen molar-refractivity contribution in [2.75, 3.05) is 6.54 Å². The van der Waals surface area contributed by atoms with Crippen molar-refractivity contribution in [1.29, 1.82) is 0 Å². The molecule has 1 saturated heterocycles. The summed E-state index contributed by atoms with van der Waals surface area (Å²) in [7, 11) is 0. The van der Waals surface area contributed by atoms with Crippen LogP contribution in [-0.4, -0.2) is 24.4 Å². The Morgan fingerprint density at radius 3 is 2.80 bits per heavy atom. The molecule has 20 heavy (non-hydrogen) atoms. The summed E-state index contributed by atoms with van der Waals surface area (Å²) in [5.74, 6) is -3.91. The Morgan fingerprint density at radius 1 is 1.55 bits per heavy atom. The molecule has 2 rings (SSSR count). The minimum atomic E-state index is -2.86. The number of hydrogen-bond donors (Lipinski definition) is 2. The molecule has 1 aliphatic heterocycles. The highest BCUT2D eigenvalue weighted by Gasteiger charge is 2.42. The highest BCUT2D eigenvalue weighted by molar-refractivity contribution is 6.30. The summed E-state index contributed by atoms with van der Waals surface area (Å²) in [6.07, 6.45) is -0.518. The van der Waals surface area contributed by atoms with Crippen molar-refractivity contribution >= 4 is 17.5 Å². The third-order valence-corrected chi connectivity index (χ3v) is 3.52. The van der Waals surface area contributed by atoms with E-state index in [1.807, 2.05) is 0 Å². The SMILES string of the molecule is CC(NC(=O)C1CC(F)(F)CN1)c1ccc(F)c(Cl)c1. The van der Waals surface area contributed by atoms with Crippen LogP contribution in [0, 0.1) is 5.82 Å². The molecule has 0 bridgehead atoms. The Hall–Kier alpha value is -1.27. The van der Waals surface area contributed by atoms with Crippen molar-refractivity contribution in [2.24, 2.45) is 0 Å². The molecule has 0 spiro atoms. The molecule has 1 aliphatic rings. The van der Waals surface area contributed by atoms with Gasteiger partial charge in [-0.3, -0.25) is 10.1 Å². The van der Waals surface area contributed by atoms with Gasteiger partial charge in [-0.05, 0) is 24.6 Å². The lowest BCUT2D eigenvalue weighted by Crippen LogP contribution is -2.41. The first-order valence-corrected chi connectivity index (χ1v) is 6.53. The number of hydrogen-bond acceptors (Lipinski definition) is 2. The maximum atomic E-state index is 13.0. The van der Waals surface area contributed by atoms with Gasteiger partial charge in [0.25, 0.3) is 5.92 Å². The number of alkyl halides is 2. The second-order valence-corrected chi connectivity index (χ2v) is 5.30. The van der Waals surface area contributed by atoms with Crippen molar-refractivity contribution in [3.8, 4) is 0 Å². The highest BCUT2D eigenvalue weighted by atomic mass is 35.5. The standard InChI is InChI=1S/C13H14ClF3N2O/c1-7(8-2-3-10(15)9(14)4-8)19-12(20)11-5-13(16,17)6-18-11/h2-4,7,11,18H,5-6H2,1H3,(H,19,20). The largest absolute Gasteiger partial charge is 0.348 e. The third-order valence-electron chi connectivity index (χ3n) is 3.23. The molecule has 1 aromatic carbocycles. The van der Waals surface area contributed by atoms with E-state index in [2.05, 4.69) is 10.6 Å². The van der Waals surface area contributed by atoms with E-state index in [1.54, 1.807) is 6.92 Å². The molecule has 1 aromatic rings. The lowest BCUT2D eigenvalue weighted by atomic mass is 10.1. The van der Waals surface area contributed by atoms with Gasteiger partial charge in [0.2, 0.25) is 5.91 Å². The van der Waals surface area contributed by atoms with Crippen molar-refractivity contribution in [2.45, 2.75) is 31.4 Å². The number of amides is 1. The number of benzene rings is 1. The normalized spacial score (nSPS) is 22.6. The van der Waals surface area contributed by atoms with Gasteiger partial charge in [0.05, 0.1) is 23.7 Å². The molecule has 0 aromatic heterocycles. The topological polar surface area (TPSA) is 41.1 Å². The molecule has 0 aliphatic carbocycles. The molecule has 0 radical (unpaired) electrons. The van der Waals surface area contributed by atoms with Gasteiger partial charge in [-0.15, -0.1) is 0 Å². The van der Waals surface area contributed by atoms with Crippen LogP contribution in [0.5, 0.6) is 0 Å². The van der Waals surface area contributed by atoms with Crippen LogP contribution in [0.4, 0.5) is 13.2 Å². The summed E-state index contributed by atoms with van der Waals surface area (Å²) in [5.41, 5.74) is 0.606. The first-order chi connectivity index (χ1) is 9.28. The van der Waals surface area contributed by atoms with Gasteiger partial charge in [-0.25, -0.2) is 13.2 Å². The summed E-state index contributed by atoms with van der Waals surface area (Å²) in [6.45, 7) is 1.18. The zero-order valence-electron chi connectivity index (χ0n) is 10.7. The van der Waals surface area contributed by atoms with E-state index in [9.17, 15) is 18.0 Å². The van der Waals surface area contributed by atoms with Crippen LogP contribution in [0.25, 0.3) is 0 Å². The number of nitrogens with one attached hydrogen (secondary N) is 2. The Kier molecular flexibility index (Phi) is 4.25. The van der Waals surface area contributed by atoms with Crippen LogP contribution < -0.4 is 10.6 Å². The van der Waals surface area contributed by atoms with Crippen LogP contribution in [0.1, 0.15) is 24.9 Å². The van der Waals surface area contributed by atoms with Gasteiger partial charge in [0.15, 0.2) is 0 Å². The van der Waals surface area contributed by atoms with Crippen LogP contribution in [0.2, 0.25) is 5.02 Å². The molecular formula is C13H14ClF3N2O. The van der Waals surface area contributed by atoms with E-state index in [4.69, 9.17) is 11.6 Å². The van der Waals surface area contributed by atoms with E-state index in [1.165, 1.54) is 18.2 Å². The van der Waals surface area contributed by atoms with Gasteiger partial charge < -0.3 is 5.32 Å². The Balaban J connectivity index is 1.99. The van der Waals surface area contributed by atoms with Gasteiger partial charge >= 0.3 is 0 Å². The van der Waals surface area contributed by atoms with Crippen molar-refractivity contribution < 1.29 is 18.0 Å². The number of halogens is 4. The lowest BCUT2D eigenvalue weighted by Gasteiger charge is -2.18. The smallest absolute Gasteiger partial charge is 0.262 e. The predicted octanol–water partition coefficient (Wildman–Crippen LogP) is 2.65. The van der Waals surface area contributed by atoms with E-state index in [0.717, 1.165) is 0 Å². The summed E-state index contributed by atoms with van der Waals surface area (Å²) >= 11 is 5.66. The third kappa shape index (κ3) is 3.43. The monoisotopic (exact) mass is 306 g/mol. The quantitative estimate of drug-likeness (QED) is 0.901. The van der Waals surface area contributed by atoms with Crippen LogP contribution >= 0.6 is 11.6 Å². The Bertz CT molecular complexity index is 524. The Morgan fingerprint density at radius 2 is 2.25 bits per heavy atom. The fourth-order valence-corrected chi connectivity index (χ4v) is 2.27. The molecule has 0 saturated carbocycles. The second kappa shape index (κ2) is 5.61. The maximum Gasteiger partial charge on any atom is 0.262 e. The van der Waals surface area contributed by atoms with Crippen molar-refractivity contribution in [3.05, 3.63) is 34.6 Å². The summed E-state index contributed by atoms with van der Waals surface area (Å²) < 4.78 is 39.1. The first kappa shape index (κ1) is 15.1. The minimum Gasteiger partial charge on any atom is -0.348 e. The minimum absolute atomic E-state index is 0.0471. The van der Waals surface area contributed by atoms with Gasteiger partial charge in [-0.1, -0.05) is 17.7 Å². The van der Waals surface area contributed by atoms with E-state index < -0.39 is 42.7 Å². The predicted molar refractivity (Wildman–Crippen MR) is 69.3 cm³/mol. The summed E-state index contributed by atoms with van der Waals surface area (Å²) in [5, 5.41) is 5.04. The summed E-state index contributed by atoms with van der Waals surface area (Å²) in [6, 6.07) is 2.73.